The van der Waals surface area contributed by atoms with Crippen molar-refractivity contribution in [3.05, 3.63) is 35.4 Å². The minimum absolute atomic E-state index is 0.157. The molecular formula is C12H16O4S. The molecule has 4 nitrogen and oxygen atoms in total. The number of Topliss-reactive ketones (excluding diaryl/α,β-unsaturated/α-hetero) is 1. The van der Waals surface area contributed by atoms with Gasteiger partial charge in [-0.05, 0) is 12.5 Å². The topological polar surface area (TPSA) is 71.4 Å². The zero-order chi connectivity index (χ0) is 13.1. The Morgan fingerprint density at radius 1 is 1.35 bits per heavy atom. The molecule has 0 saturated carbocycles. The van der Waals surface area contributed by atoms with Crippen LogP contribution < -0.4 is 0 Å². The van der Waals surface area contributed by atoms with Crippen LogP contribution in [0.15, 0.2) is 24.3 Å². The molecule has 1 aromatic carbocycles. The number of carbonyl (C=O) groups is 1. The number of aliphatic hydroxyl groups excluding tert-OH is 1. The quantitative estimate of drug-likeness (QED) is 0.797. The van der Waals surface area contributed by atoms with Crippen molar-refractivity contribution in [1.29, 1.82) is 0 Å². The van der Waals surface area contributed by atoms with Crippen molar-refractivity contribution < 1.29 is 18.3 Å². The SMILES string of the molecule is CCS(=O)(=O)[C@H](CO)C(=O)c1ccccc1C. The summed E-state index contributed by atoms with van der Waals surface area (Å²) in [6.07, 6.45) is 0. The van der Waals surface area contributed by atoms with Gasteiger partial charge in [0, 0.05) is 11.3 Å². The number of hydrogen-bond acceptors (Lipinski definition) is 4. The lowest BCUT2D eigenvalue weighted by molar-refractivity contribution is 0.0961. The summed E-state index contributed by atoms with van der Waals surface area (Å²) in [5.41, 5.74) is 1.06. The molecular weight excluding hydrogens is 240 g/mol. The second kappa shape index (κ2) is 5.42. The van der Waals surface area contributed by atoms with Crippen molar-refractivity contribution in [3.63, 3.8) is 0 Å². The number of carbonyl (C=O) groups excluding carboxylic acids is 1. The lowest BCUT2D eigenvalue weighted by atomic mass is 10.0. The maximum atomic E-state index is 12.1. The molecule has 0 aliphatic heterocycles. The molecule has 0 spiro atoms. The van der Waals surface area contributed by atoms with E-state index in [0.717, 1.165) is 0 Å². The van der Waals surface area contributed by atoms with Crippen molar-refractivity contribution in [2.45, 2.75) is 19.1 Å². The molecule has 5 heteroatoms. The molecule has 0 aliphatic rings. The van der Waals surface area contributed by atoms with Crippen LogP contribution in [0.2, 0.25) is 0 Å². The largest absolute Gasteiger partial charge is 0.395 e. The van der Waals surface area contributed by atoms with E-state index in [9.17, 15) is 13.2 Å². The molecule has 94 valence electrons. The smallest absolute Gasteiger partial charge is 0.183 e. The van der Waals surface area contributed by atoms with Gasteiger partial charge in [-0.2, -0.15) is 0 Å². The second-order valence-electron chi connectivity index (χ2n) is 3.80. The number of aryl methyl sites for hydroxylation is 1. The van der Waals surface area contributed by atoms with E-state index in [1.165, 1.54) is 6.92 Å². The first-order chi connectivity index (χ1) is 7.94. The van der Waals surface area contributed by atoms with Gasteiger partial charge >= 0.3 is 0 Å². The Kier molecular flexibility index (Phi) is 4.42. The van der Waals surface area contributed by atoms with Crippen LogP contribution in [-0.4, -0.2) is 36.9 Å². The molecule has 0 aliphatic carbocycles. The van der Waals surface area contributed by atoms with Crippen molar-refractivity contribution in [1.82, 2.24) is 0 Å². The predicted octanol–water partition coefficient (Wildman–Crippen LogP) is 0.973. The zero-order valence-corrected chi connectivity index (χ0v) is 10.7. The standard InChI is InChI=1S/C12H16O4S/c1-3-17(15,16)11(8-13)12(14)10-7-5-4-6-9(10)2/h4-7,11,13H,3,8H2,1-2H3/t11-/m1/s1. The second-order valence-corrected chi connectivity index (χ2v) is 6.27. The van der Waals surface area contributed by atoms with Crippen LogP contribution in [0.1, 0.15) is 22.8 Å². The third-order valence-corrected chi connectivity index (χ3v) is 4.74. The average Bonchev–Trinajstić information content (AvgIpc) is 2.30. The molecule has 0 amide bonds. The van der Waals surface area contributed by atoms with Crippen LogP contribution in [-0.2, 0) is 9.84 Å². The molecule has 1 rings (SSSR count). The van der Waals surface area contributed by atoms with Crippen molar-refractivity contribution in [2.75, 3.05) is 12.4 Å². The number of benzene rings is 1. The van der Waals surface area contributed by atoms with E-state index in [-0.39, 0.29) is 5.75 Å². The van der Waals surface area contributed by atoms with Gasteiger partial charge in [0.15, 0.2) is 15.6 Å². The van der Waals surface area contributed by atoms with Gasteiger partial charge in [0.25, 0.3) is 0 Å². The summed E-state index contributed by atoms with van der Waals surface area (Å²) in [6.45, 7) is 2.52. The first-order valence-corrected chi connectivity index (χ1v) is 7.07. The molecule has 17 heavy (non-hydrogen) atoms. The Morgan fingerprint density at radius 2 is 1.94 bits per heavy atom. The fraction of sp³-hybridized carbons (Fsp3) is 0.417. The van der Waals surface area contributed by atoms with Crippen LogP contribution in [0.25, 0.3) is 0 Å². The highest BCUT2D eigenvalue weighted by Crippen LogP contribution is 2.14. The maximum Gasteiger partial charge on any atom is 0.183 e. The van der Waals surface area contributed by atoms with E-state index in [1.54, 1.807) is 31.2 Å². The Hall–Kier alpha value is -1.20. The molecule has 0 saturated heterocycles. The van der Waals surface area contributed by atoms with Gasteiger partial charge < -0.3 is 5.11 Å². The van der Waals surface area contributed by atoms with Crippen LogP contribution in [0.4, 0.5) is 0 Å². The number of aliphatic hydroxyl groups is 1. The Bertz CT molecular complexity index is 505. The minimum Gasteiger partial charge on any atom is -0.395 e. The van der Waals surface area contributed by atoms with Crippen molar-refractivity contribution in [3.8, 4) is 0 Å². The van der Waals surface area contributed by atoms with Crippen LogP contribution in [0.3, 0.4) is 0 Å². The number of rotatable bonds is 5. The van der Waals surface area contributed by atoms with Crippen molar-refractivity contribution in [2.24, 2.45) is 0 Å². The fourth-order valence-electron chi connectivity index (χ4n) is 1.58. The van der Waals surface area contributed by atoms with E-state index in [4.69, 9.17) is 5.11 Å². The van der Waals surface area contributed by atoms with Gasteiger partial charge in [-0.15, -0.1) is 0 Å². The van der Waals surface area contributed by atoms with Gasteiger partial charge in [0.1, 0.15) is 5.25 Å². The molecule has 0 radical (unpaired) electrons. The third kappa shape index (κ3) is 2.92. The van der Waals surface area contributed by atoms with Gasteiger partial charge in [-0.3, -0.25) is 4.79 Å². The molecule has 0 fully saturated rings. The molecule has 1 aromatic rings. The summed E-state index contributed by atoms with van der Waals surface area (Å²) in [5.74, 6) is -0.692. The predicted molar refractivity (Wildman–Crippen MR) is 65.8 cm³/mol. The Labute approximate surface area is 101 Å². The Morgan fingerprint density at radius 3 is 2.41 bits per heavy atom. The van der Waals surface area contributed by atoms with Crippen LogP contribution in [0, 0.1) is 6.92 Å². The van der Waals surface area contributed by atoms with Gasteiger partial charge in [-0.1, -0.05) is 31.2 Å². The molecule has 1 atom stereocenters. The average molecular weight is 256 g/mol. The number of ketones is 1. The van der Waals surface area contributed by atoms with Crippen LogP contribution >= 0.6 is 0 Å². The summed E-state index contributed by atoms with van der Waals surface area (Å²) < 4.78 is 23.4. The fourth-order valence-corrected chi connectivity index (χ4v) is 2.67. The van der Waals surface area contributed by atoms with Gasteiger partial charge in [-0.25, -0.2) is 8.42 Å². The molecule has 0 heterocycles. The van der Waals surface area contributed by atoms with Crippen molar-refractivity contribution >= 4 is 15.6 Å². The summed E-state index contributed by atoms with van der Waals surface area (Å²) in [7, 11) is -3.57. The lowest BCUT2D eigenvalue weighted by Crippen LogP contribution is -2.35. The molecule has 0 unspecified atom stereocenters. The molecule has 1 N–H and O–H groups in total. The summed E-state index contributed by atoms with van der Waals surface area (Å²) in [5, 5.41) is 7.76. The number of sulfone groups is 1. The van der Waals surface area contributed by atoms with E-state index in [2.05, 4.69) is 0 Å². The first-order valence-electron chi connectivity index (χ1n) is 5.36. The van der Waals surface area contributed by atoms with E-state index < -0.39 is 27.5 Å². The van der Waals surface area contributed by atoms with E-state index in [0.29, 0.717) is 11.1 Å². The highest BCUT2D eigenvalue weighted by molar-refractivity contribution is 7.92. The molecule has 0 aromatic heterocycles. The van der Waals surface area contributed by atoms with E-state index in [1.807, 2.05) is 0 Å². The lowest BCUT2D eigenvalue weighted by Gasteiger charge is -2.14. The highest BCUT2D eigenvalue weighted by Gasteiger charge is 2.31. The first kappa shape index (κ1) is 13.9. The summed E-state index contributed by atoms with van der Waals surface area (Å²) in [6, 6.07) is 6.76. The summed E-state index contributed by atoms with van der Waals surface area (Å²) in [4.78, 5) is 12.1. The Balaban J connectivity index is 3.16. The number of hydrogen-bond donors (Lipinski definition) is 1. The maximum absolute atomic E-state index is 12.1. The molecule has 0 bridgehead atoms. The third-order valence-electron chi connectivity index (χ3n) is 2.70. The summed E-state index contributed by atoms with van der Waals surface area (Å²) >= 11 is 0. The van der Waals surface area contributed by atoms with Crippen LogP contribution in [0.5, 0.6) is 0 Å². The monoisotopic (exact) mass is 256 g/mol. The van der Waals surface area contributed by atoms with Gasteiger partial charge in [0.2, 0.25) is 0 Å². The normalized spacial score (nSPS) is 13.4. The highest BCUT2D eigenvalue weighted by atomic mass is 32.2. The van der Waals surface area contributed by atoms with E-state index >= 15 is 0 Å². The zero-order valence-electron chi connectivity index (χ0n) is 9.88. The van der Waals surface area contributed by atoms with Gasteiger partial charge in [0.05, 0.1) is 6.61 Å². The minimum atomic E-state index is -3.57.